The van der Waals surface area contributed by atoms with Crippen molar-refractivity contribution in [3.05, 3.63) is 0 Å². The van der Waals surface area contributed by atoms with Crippen molar-refractivity contribution in [2.45, 2.75) is 17.3 Å². The molecule has 0 heterocycles. The normalized spacial score (nSPS) is 15.0. The summed E-state index contributed by atoms with van der Waals surface area (Å²) in [5, 5.41) is 8.06. The highest BCUT2D eigenvalue weighted by Gasteiger charge is 2.32. The van der Waals surface area contributed by atoms with Gasteiger partial charge in [-0.25, -0.2) is 8.42 Å². The van der Waals surface area contributed by atoms with E-state index in [-0.39, 0.29) is 0 Å². The molecule has 0 aromatic rings. The zero-order chi connectivity index (χ0) is 10.7. The number of rotatable bonds is 3. The zero-order valence-corrected chi connectivity index (χ0v) is 7.75. The lowest BCUT2D eigenvalue weighted by atomic mass is 10.5. The van der Waals surface area contributed by atoms with E-state index in [1.807, 2.05) is 0 Å². The van der Waals surface area contributed by atoms with Crippen LogP contribution in [-0.4, -0.2) is 25.1 Å². The molecule has 0 amide bonds. The Morgan fingerprint density at radius 2 is 1.92 bits per heavy atom. The average Bonchev–Trinajstić information content (AvgIpc) is 1.98. The molecule has 0 saturated heterocycles. The van der Waals surface area contributed by atoms with Crippen LogP contribution < -0.4 is 0 Å². The molecule has 1 unspecified atom stereocenters. The van der Waals surface area contributed by atoms with Gasteiger partial charge in [0.2, 0.25) is 4.71 Å². The number of sulfone groups is 1. The van der Waals surface area contributed by atoms with Gasteiger partial charge in [0.05, 0.1) is 18.2 Å². The maximum absolute atomic E-state index is 11.6. The van der Waals surface area contributed by atoms with Crippen LogP contribution >= 0.6 is 11.6 Å². The first-order valence-corrected chi connectivity index (χ1v) is 5.16. The fourth-order valence-corrected chi connectivity index (χ4v) is 1.59. The van der Waals surface area contributed by atoms with Gasteiger partial charge in [-0.1, -0.05) is 11.6 Å². The van der Waals surface area contributed by atoms with Gasteiger partial charge < -0.3 is 0 Å². The molecule has 0 fully saturated rings. The van der Waals surface area contributed by atoms with Crippen LogP contribution in [0.2, 0.25) is 0 Å². The molecule has 1 atom stereocenters. The molecule has 13 heavy (non-hydrogen) atoms. The van der Waals surface area contributed by atoms with Gasteiger partial charge in [-0.3, -0.25) is 0 Å². The van der Waals surface area contributed by atoms with E-state index >= 15 is 0 Å². The van der Waals surface area contributed by atoms with Crippen molar-refractivity contribution in [2.24, 2.45) is 0 Å². The third-order valence-electron chi connectivity index (χ3n) is 1.09. The largest absolute Gasteiger partial charge is 0.390 e. The van der Waals surface area contributed by atoms with Crippen molar-refractivity contribution in [1.82, 2.24) is 0 Å². The highest BCUT2D eigenvalue weighted by molar-refractivity contribution is 7.93. The topological polar surface area (TPSA) is 57.9 Å². The third-order valence-corrected chi connectivity index (χ3v) is 3.51. The standard InChI is InChI=1S/C5H5ClF3NO2S/c6-4(3-10)13(11,12)2-1-5(7,8)9/h4H,1-2H2. The van der Waals surface area contributed by atoms with E-state index in [1.165, 1.54) is 0 Å². The maximum Gasteiger partial charge on any atom is 0.390 e. The van der Waals surface area contributed by atoms with E-state index in [1.54, 1.807) is 0 Å². The van der Waals surface area contributed by atoms with Gasteiger partial charge in [-0.2, -0.15) is 18.4 Å². The number of hydrogen-bond acceptors (Lipinski definition) is 3. The predicted molar refractivity (Wildman–Crippen MR) is 39.7 cm³/mol. The Morgan fingerprint density at radius 1 is 1.46 bits per heavy atom. The highest BCUT2D eigenvalue weighted by atomic mass is 35.5. The van der Waals surface area contributed by atoms with E-state index in [0.29, 0.717) is 0 Å². The van der Waals surface area contributed by atoms with E-state index in [0.717, 1.165) is 6.07 Å². The molecule has 0 N–H and O–H groups in total. The van der Waals surface area contributed by atoms with Gasteiger partial charge >= 0.3 is 6.18 Å². The number of hydrogen-bond donors (Lipinski definition) is 0. The van der Waals surface area contributed by atoms with Crippen LogP contribution in [0.1, 0.15) is 6.42 Å². The molecule has 76 valence electrons. The van der Waals surface area contributed by atoms with Gasteiger partial charge in [0.1, 0.15) is 0 Å². The van der Waals surface area contributed by atoms with Crippen LogP contribution in [0.4, 0.5) is 13.2 Å². The maximum atomic E-state index is 11.6. The van der Waals surface area contributed by atoms with Crippen LogP contribution in [0.25, 0.3) is 0 Å². The summed E-state index contributed by atoms with van der Waals surface area (Å²) < 4.78 is 54.3. The summed E-state index contributed by atoms with van der Waals surface area (Å²) in [6, 6.07) is 1.15. The van der Waals surface area contributed by atoms with Crippen molar-refractivity contribution in [3.8, 4) is 6.07 Å². The zero-order valence-electron chi connectivity index (χ0n) is 6.18. The summed E-state index contributed by atoms with van der Waals surface area (Å²) in [6.45, 7) is 0. The lowest BCUT2D eigenvalue weighted by Crippen LogP contribution is -2.22. The van der Waals surface area contributed by atoms with Crippen molar-refractivity contribution >= 4 is 21.4 Å². The lowest BCUT2D eigenvalue weighted by molar-refractivity contribution is -0.129. The molecule has 3 nitrogen and oxygen atoms in total. The minimum Gasteiger partial charge on any atom is -0.226 e. The van der Waals surface area contributed by atoms with E-state index in [4.69, 9.17) is 16.9 Å². The first-order chi connectivity index (χ1) is 5.69. The average molecular weight is 236 g/mol. The van der Waals surface area contributed by atoms with Crippen LogP contribution in [0, 0.1) is 11.3 Å². The summed E-state index contributed by atoms with van der Waals surface area (Å²) >= 11 is 4.97. The molecule has 0 spiro atoms. The van der Waals surface area contributed by atoms with Crippen molar-refractivity contribution in [1.29, 1.82) is 5.26 Å². The summed E-state index contributed by atoms with van der Waals surface area (Å²) in [6.07, 6.45) is -6.04. The molecule has 0 aromatic carbocycles. The smallest absolute Gasteiger partial charge is 0.226 e. The Kier molecular flexibility index (Phi) is 4.00. The Labute approximate surface area is 78.0 Å². The fourth-order valence-electron chi connectivity index (χ4n) is 0.442. The Morgan fingerprint density at radius 3 is 2.23 bits per heavy atom. The first-order valence-electron chi connectivity index (χ1n) is 3.01. The minimum absolute atomic E-state index is 1.15. The van der Waals surface area contributed by atoms with E-state index in [9.17, 15) is 21.6 Å². The van der Waals surface area contributed by atoms with Gasteiger partial charge in [0, 0.05) is 0 Å². The van der Waals surface area contributed by atoms with Crippen molar-refractivity contribution in [2.75, 3.05) is 5.75 Å². The molecule has 0 radical (unpaired) electrons. The number of nitrogens with zero attached hydrogens (tertiary/aromatic N) is 1. The molecule has 0 aliphatic heterocycles. The van der Waals surface area contributed by atoms with E-state index in [2.05, 4.69) is 0 Å². The first kappa shape index (κ1) is 12.5. The Bertz CT molecular complexity index is 305. The monoisotopic (exact) mass is 235 g/mol. The Hall–Kier alpha value is -0.480. The number of nitriles is 1. The summed E-state index contributed by atoms with van der Waals surface area (Å²) in [7, 11) is -4.16. The SMILES string of the molecule is N#CC(Cl)S(=O)(=O)CCC(F)(F)F. The van der Waals surface area contributed by atoms with Crippen molar-refractivity contribution in [3.63, 3.8) is 0 Å². The molecular formula is C5H5ClF3NO2S. The molecular weight excluding hydrogens is 231 g/mol. The molecule has 0 aliphatic rings. The summed E-state index contributed by atoms with van der Waals surface area (Å²) in [5.74, 6) is -1.15. The molecule has 0 aliphatic carbocycles. The van der Waals surface area contributed by atoms with Gasteiger partial charge in [0.15, 0.2) is 9.84 Å². The van der Waals surface area contributed by atoms with Gasteiger partial charge in [-0.15, -0.1) is 0 Å². The second-order valence-electron chi connectivity index (χ2n) is 2.18. The van der Waals surface area contributed by atoms with Crippen LogP contribution in [-0.2, 0) is 9.84 Å². The molecule has 0 saturated carbocycles. The third kappa shape index (κ3) is 4.95. The summed E-state index contributed by atoms with van der Waals surface area (Å²) in [4.78, 5) is 0. The fraction of sp³-hybridized carbons (Fsp3) is 0.800. The highest BCUT2D eigenvalue weighted by Crippen LogP contribution is 2.21. The van der Waals surface area contributed by atoms with E-state index < -0.39 is 32.9 Å². The van der Waals surface area contributed by atoms with Crippen LogP contribution in [0.15, 0.2) is 0 Å². The molecule has 0 bridgehead atoms. The van der Waals surface area contributed by atoms with Crippen LogP contribution in [0.3, 0.4) is 0 Å². The second-order valence-corrected chi connectivity index (χ2v) is 5.08. The molecule has 0 rings (SSSR count). The Balaban J connectivity index is 4.32. The van der Waals surface area contributed by atoms with Crippen molar-refractivity contribution < 1.29 is 21.6 Å². The number of halogens is 4. The summed E-state index contributed by atoms with van der Waals surface area (Å²) in [5.41, 5.74) is 0. The predicted octanol–water partition coefficient (Wildman–Crippen LogP) is 1.44. The van der Waals surface area contributed by atoms with Crippen LogP contribution in [0.5, 0.6) is 0 Å². The quantitative estimate of drug-likeness (QED) is 0.696. The minimum atomic E-state index is -4.56. The number of alkyl halides is 4. The molecule has 8 heteroatoms. The van der Waals surface area contributed by atoms with Gasteiger partial charge in [-0.05, 0) is 0 Å². The molecule has 0 aromatic heterocycles. The lowest BCUT2D eigenvalue weighted by Gasteiger charge is -2.06. The van der Waals surface area contributed by atoms with Gasteiger partial charge in [0.25, 0.3) is 0 Å². The second kappa shape index (κ2) is 4.15.